The van der Waals surface area contributed by atoms with Gasteiger partial charge in [-0.15, -0.1) is 6.42 Å². The predicted molar refractivity (Wildman–Crippen MR) is 63.8 cm³/mol. The van der Waals surface area contributed by atoms with Crippen LogP contribution >= 0.6 is 0 Å². The number of terminal acetylenes is 1. The molecular weight excluding hydrogens is 240 g/mol. The molecule has 4 nitrogen and oxygen atoms in total. The smallest absolute Gasteiger partial charge is 0.335 e. The van der Waals surface area contributed by atoms with Gasteiger partial charge in [0.25, 0.3) is 0 Å². The number of carboxylic acids is 1. The molecule has 1 aromatic carbocycles. The maximum absolute atomic E-state index is 11.8. The molecule has 0 radical (unpaired) electrons. The van der Waals surface area contributed by atoms with Gasteiger partial charge in [0.15, 0.2) is 9.84 Å². The quantitative estimate of drug-likeness (QED) is 0.825. The van der Waals surface area contributed by atoms with Crippen molar-refractivity contribution in [3.05, 3.63) is 28.8 Å². The molecular formula is C12H12O4S. The molecule has 5 heteroatoms. The average Bonchev–Trinajstić information content (AvgIpc) is 2.15. The van der Waals surface area contributed by atoms with E-state index in [2.05, 4.69) is 5.92 Å². The molecule has 1 rings (SSSR count). The van der Waals surface area contributed by atoms with Crippen molar-refractivity contribution < 1.29 is 18.3 Å². The minimum atomic E-state index is -3.61. The number of rotatable bonds is 3. The van der Waals surface area contributed by atoms with Gasteiger partial charge in [-0.1, -0.05) is 12.0 Å². The van der Waals surface area contributed by atoms with E-state index < -0.39 is 21.6 Å². The molecule has 0 atom stereocenters. The van der Waals surface area contributed by atoms with Crippen LogP contribution in [0.4, 0.5) is 0 Å². The first-order chi connectivity index (χ1) is 7.79. The lowest BCUT2D eigenvalue weighted by atomic mass is 10.1. The molecule has 0 aliphatic heterocycles. The largest absolute Gasteiger partial charge is 0.478 e. The van der Waals surface area contributed by atoms with Gasteiger partial charge in [-0.25, -0.2) is 13.2 Å². The van der Waals surface area contributed by atoms with Crippen LogP contribution in [-0.4, -0.2) is 25.2 Å². The van der Waals surface area contributed by atoms with Gasteiger partial charge in [-0.3, -0.25) is 0 Å². The molecule has 0 aromatic heterocycles. The third-order valence-electron chi connectivity index (χ3n) is 2.36. The summed E-state index contributed by atoms with van der Waals surface area (Å²) in [6, 6.07) is 2.70. The number of hydrogen-bond donors (Lipinski definition) is 1. The number of aryl methyl sites for hydroxylation is 2. The first-order valence-corrected chi connectivity index (χ1v) is 6.45. The van der Waals surface area contributed by atoms with Crippen LogP contribution in [0.1, 0.15) is 21.5 Å². The fourth-order valence-corrected chi connectivity index (χ4v) is 2.81. The fraction of sp³-hybridized carbons (Fsp3) is 0.250. The zero-order valence-corrected chi connectivity index (χ0v) is 10.3. The van der Waals surface area contributed by atoms with Gasteiger partial charge >= 0.3 is 5.97 Å². The Kier molecular flexibility index (Phi) is 3.59. The lowest BCUT2D eigenvalue weighted by Gasteiger charge is -2.09. The predicted octanol–water partition coefficient (Wildman–Crippen LogP) is 1.41. The third kappa shape index (κ3) is 2.66. The van der Waals surface area contributed by atoms with E-state index in [1.165, 1.54) is 12.1 Å². The van der Waals surface area contributed by atoms with Crippen molar-refractivity contribution >= 4 is 15.8 Å². The van der Waals surface area contributed by atoms with E-state index in [0.717, 1.165) is 0 Å². The topological polar surface area (TPSA) is 71.4 Å². The number of benzene rings is 1. The van der Waals surface area contributed by atoms with Gasteiger partial charge in [-0.2, -0.15) is 0 Å². The summed E-state index contributed by atoms with van der Waals surface area (Å²) in [6.07, 6.45) is 4.98. The second-order valence-electron chi connectivity index (χ2n) is 3.70. The minimum absolute atomic E-state index is 0.0153. The summed E-state index contributed by atoms with van der Waals surface area (Å²) in [5.74, 6) is 0.474. The molecule has 0 amide bonds. The number of sulfone groups is 1. The van der Waals surface area contributed by atoms with Gasteiger partial charge in [-0.05, 0) is 31.0 Å². The highest BCUT2D eigenvalue weighted by Crippen LogP contribution is 2.21. The molecule has 1 N–H and O–H groups in total. The van der Waals surface area contributed by atoms with Crippen molar-refractivity contribution in [2.75, 3.05) is 5.75 Å². The van der Waals surface area contributed by atoms with E-state index >= 15 is 0 Å². The van der Waals surface area contributed by atoms with Crippen LogP contribution in [-0.2, 0) is 9.84 Å². The van der Waals surface area contributed by atoms with Crippen molar-refractivity contribution in [3.63, 3.8) is 0 Å². The van der Waals surface area contributed by atoms with Crippen molar-refractivity contribution in [2.24, 2.45) is 0 Å². The van der Waals surface area contributed by atoms with Crippen molar-refractivity contribution in [1.29, 1.82) is 0 Å². The third-order valence-corrected chi connectivity index (χ3v) is 4.02. The van der Waals surface area contributed by atoms with Crippen LogP contribution in [0.5, 0.6) is 0 Å². The molecule has 0 aliphatic carbocycles. The van der Waals surface area contributed by atoms with E-state index in [9.17, 15) is 13.2 Å². The molecule has 0 spiro atoms. The maximum atomic E-state index is 11.8. The molecule has 0 unspecified atom stereocenters. The molecule has 0 saturated heterocycles. The van der Waals surface area contributed by atoms with Gasteiger partial charge in [0.1, 0.15) is 5.75 Å². The summed E-state index contributed by atoms with van der Waals surface area (Å²) in [5.41, 5.74) is 1.00. The van der Waals surface area contributed by atoms with E-state index in [1.807, 2.05) is 0 Å². The van der Waals surface area contributed by atoms with Gasteiger partial charge < -0.3 is 5.11 Å². The molecule has 17 heavy (non-hydrogen) atoms. The fourth-order valence-electron chi connectivity index (χ4n) is 1.59. The van der Waals surface area contributed by atoms with E-state index in [4.69, 9.17) is 11.5 Å². The van der Waals surface area contributed by atoms with Crippen LogP contribution in [0, 0.1) is 26.2 Å². The van der Waals surface area contributed by atoms with Gasteiger partial charge in [0.2, 0.25) is 0 Å². The number of carboxylic acid groups (broad SMARTS) is 1. The molecule has 1 aromatic rings. The standard InChI is InChI=1S/C12H12O4S/c1-4-5-17(15,16)11-7-10(12(13)14)8(2)6-9(11)3/h1,6-7H,5H2,2-3H3,(H,13,14). The Morgan fingerprint density at radius 2 is 1.94 bits per heavy atom. The highest BCUT2D eigenvalue weighted by Gasteiger charge is 2.19. The highest BCUT2D eigenvalue weighted by atomic mass is 32.2. The first-order valence-electron chi connectivity index (χ1n) is 4.80. The number of aromatic carboxylic acids is 1. The van der Waals surface area contributed by atoms with Crippen LogP contribution in [0.25, 0.3) is 0 Å². The van der Waals surface area contributed by atoms with Crippen molar-refractivity contribution in [2.45, 2.75) is 18.7 Å². The Morgan fingerprint density at radius 3 is 2.41 bits per heavy atom. The monoisotopic (exact) mass is 252 g/mol. The lowest BCUT2D eigenvalue weighted by molar-refractivity contribution is 0.0696. The summed E-state index contributed by atoms with van der Waals surface area (Å²) in [5, 5.41) is 8.94. The van der Waals surface area contributed by atoms with E-state index in [1.54, 1.807) is 13.8 Å². The molecule has 0 aliphatic rings. The number of hydrogen-bond acceptors (Lipinski definition) is 3. The highest BCUT2D eigenvalue weighted by molar-refractivity contribution is 7.91. The normalized spacial score (nSPS) is 10.9. The van der Waals surface area contributed by atoms with Crippen LogP contribution < -0.4 is 0 Å². The summed E-state index contributed by atoms with van der Waals surface area (Å²) in [4.78, 5) is 10.9. The Labute approximate surface area is 100 Å². The summed E-state index contributed by atoms with van der Waals surface area (Å²) in [6.45, 7) is 3.23. The van der Waals surface area contributed by atoms with Gasteiger partial charge in [0, 0.05) is 0 Å². The van der Waals surface area contributed by atoms with Crippen LogP contribution in [0.15, 0.2) is 17.0 Å². The summed E-state index contributed by atoms with van der Waals surface area (Å²) >= 11 is 0. The Hall–Kier alpha value is -1.80. The Bertz CT molecular complexity index is 606. The zero-order valence-electron chi connectivity index (χ0n) is 9.52. The maximum Gasteiger partial charge on any atom is 0.335 e. The SMILES string of the molecule is C#CCS(=O)(=O)c1cc(C(=O)O)c(C)cc1C. The second kappa shape index (κ2) is 4.60. The van der Waals surface area contributed by atoms with Gasteiger partial charge in [0.05, 0.1) is 10.5 Å². The van der Waals surface area contributed by atoms with Crippen molar-refractivity contribution in [1.82, 2.24) is 0 Å². The average molecular weight is 252 g/mol. The Balaban J connectivity index is 3.52. The summed E-state index contributed by atoms with van der Waals surface area (Å²) in [7, 11) is -3.61. The first kappa shape index (κ1) is 13.3. The van der Waals surface area contributed by atoms with Crippen molar-refractivity contribution in [3.8, 4) is 12.3 Å². The van der Waals surface area contributed by atoms with Crippen LogP contribution in [0.3, 0.4) is 0 Å². The molecule has 0 saturated carbocycles. The van der Waals surface area contributed by atoms with E-state index in [-0.39, 0.29) is 10.5 Å². The second-order valence-corrected chi connectivity index (χ2v) is 5.66. The van der Waals surface area contributed by atoms with Crippen LogP contribution in [0.2, 0.25) is 0 Å². The Morgan fingerprint density at radius 1 is 1.35 bits per heavy atom. The molecule has 0 heterocycles. The number of carbonyl (C=O) groups is 1. The minimum Gasteiger partial charge on any atom is -0.478 e. The lowest BCUT2D eigenvalue weighted by Crippen LogP contribution is -2.10. The molecule has 0 fully saturated rings. The molecule has 90 valence electrons. The zero-order chi connectivity index (χ0) is 13.2. The molecule has 0 bridgehead atoms. The van der Waals surface area contributed by atoms with E-state index in [0.29, 0.717) is 11.1 Å². The summed E-state index contributed by atoms with van der Waals surface area (Å²) < 4.78 is 23.6.